The maximum Gasteiger partial charge on any atom is 0.354 e. The molecule has 0 N–H and O–H groups in total. The van der Waals surface area contributed by atoms with E-state index in [-0.39, 0.29) is 11.7 Å². The summed E-state index contributed by atoms with van der Waals surface area (Å²) >= 11 is 0. The van der Waals surface area contributed by atoms with Crippen molar-refractivity contribution in [1.82, 2.24) is 9.47 Å². The molecule has 0 saturated carbocycles. The molecular weight excluding hydrogens is 356 g/mol. The number of carbonyl (C=O) groups is 3. The highest BCUT2D eigenvalue weighted by atomic mass is 16.5. The Kier molecular flexibility index (Phi) is 9.16. The lowest BCUT2D eigenvalue weighted by molar-refractivity contribution is -0.132. The topological polar surface area (TPSA) is 68.6 Å². The van der Waals surface area contributed by atoms with Gasteiger partial charge in [-0.1, -0.05) is 32.3 Å². The van der Waals surface area contributed by atoms with Gasteiger partial charge in [0.1, 0.15) is 5.69 Å². The van der Waals surface area contributed by atoms with Gasteiger partial charge in [0.25, 0.3) is 0 Å². The van der Waals surface area contributed by atoms with Gasteiger partial charge in [-0.25, -0.2) is 4.79 Å². The number of hydrogen-bond acceptors (Lipinski definition) is 4. The molecular formula is C22H34N2O4. The van der Waals surface area contributed by atoms with Crippen molar-refractivity contribution in [2.45, 2.75) is 65.8 Å². The predicted octanol–water partition coefficient (Wildman–Crippen LogP) is 3.98. The van der Waals surface area contributed by atoms with E-state index in [1.165, 1.54) is 7.11 Å². The monoisotopic (exact) mass is 390 g/mol. The Balaban J connectivity index is 3.13. The lowest BCUT2D eigenvalue weighted by Gasteiger charge is -2.27. The van der Waals surface area contributed by atoms with Crippen molar-refractivity contribution in [1.29, 1.82) is 0 Å². The van der Waals surface area contributed by atoms with Crippen molar-refractivity contribution in [2.24, 2.45) is 7.05 Å². The van der Waals surface area contributed by atoms with Crippen molar-refractivity contribution < 1.29 is 19.1 Å². The van der Waals surface area contributed by atoms with Crippen molar-refractivity contribution >= 4 is 17.7 Å². The van der Waals surface area contributed by atoms with Crippen LogP contribution in [0.5, 0.6) is 0 Å². The number of ether oxygens (including phenoxy) is 1. The molecule has 0 aliphatic rings. The minimum Gasteiger partial charge on any atom is -0.464 e. The smallest absolute Gasteiger partial charge is 0.354 e. The molecule has 28 heavy (non-hydrogen) atoms. The summed E-state index contributed by atoms with van der Waals surface area (Å²) in [7, 11) is 3.05. The number of esters is 1. The van der Waals surface area contributed by atoms with E-state index in [9.17, 15) is 14.4 Å². The first-order chi connectivity index (χ1) is 13.2. The highest BCUT2D eigenvalue weighted by Crippen LogP contribution is 2.25. The molecule has 1 aromatic heterocycles. The molecule has 1 amide bonds. The molecule has 0 aromatic carbocycles. The lowest BCUT2D eigenvalue weighted by atomic mass is 9.99. The zero-order valence-electron chi connectivity index (χ0n) is 18.1. The number of unbranched alkanes of at least 4 members (excludes halogenated alkanes) is 3. The van der Waals surface area contributed by atoms with Crippen LogP contribution in [0.4, 0.5) is 0 Å². The van der Waals surface area contributed by atoms with Gasteiger partial charge in [0.15, 0.2) is 5.78 Å². The number of carbonyl (C=O) groups excluding carboxylic acids is 3. The largest absolute Gasteiger partial charge is 0.464 e. The predicted molar refractivity (Wildman–Crippen MR) is 111 cm³/mol. The molecule has 6 heteroatoms. The van der Waals surface area contributed by atoms with Crippen LogP contribution in [0.2, 0.25) is 0 Å². The van der Waals surface area contributed by atoms with E-state index in [1.807, 2.05) is 0 Å². The van der Waals surface area contributed by atoms with Gasteiger partial charge >= 0.3 is 5.97 Å². The molecule has 1 atom stereocenters. The van der Waals surface area contributed by atoms with Gasteiger partial charge in [0.2, 0.25) is 5.91 Å². The summed E-state index contributed by atoms with van der Waals surface area (Å²) in [6, 6.07) is -0.637. The number of methoxy groups -OCH3 is 1. The number of hydrogen-bond donors (Lipinski definition) is 0. The van der Waals surface area contributed by atoms with E-state index in [0.717, 1.165) is 25.7 Å². The van der Waals surface area contributed by atoms with Gasteiger partial charge in [-0.05, 0) is 32.8 Å². The standard InChI is InChI=1S/C22H34N2O4/c1-8-10-11-12-13-18(25)24(14-9-2)17(5)21(26)19-15(3)20(22(27)28-7)23(6)16(19)4/h9,17H,2,8,10-14H2,1,3-7H3/t17-/m1/s1. The van der Waals surface area contributed by atoms with Gasteiger partial charge < -0.3 is 14.2 Å². The molecule has 0 fully saturated rings. The first kappa shape index (κ1) is 23.7. The van der Waals surface area contributed by atoms with Gasteiger partial charge in [-0.15, -0.1) is 6.58 Å². The minimum atomic E-state index is -0.637. The minimum absolute atomic E-state index is 0.0451. The Bertz CT molecular complexity index is 733. The Morgan fingerprint density at radius 2 is 1.86 bits per heavy atom. The normalized spacial score (nSPS) is 11.8. The number of amides is 1. The van der Waals surface area contributed by atoms with Crippen molar-refractivity contribution in [3.8, 4) is 0 Å². The summed E-state index contributed by atoms with van der Waals surface area (Å²) in [5.41, 5.74) is 2.10. The lowest BCUT2D eigenvalue weighted by Crippen LogP contribution is -2.43. The van der Waals surface area contributed by atoms with E-state index >= 15 is 0 Å². The first-order valence-corrected chi connectivity index (χ1v) is 9.91. The van der Waals surface area contributed by atoms with Gasteiger partial charge in [0.05, 0.1) is 13.2 Å². The van der Waals surface area contributed by atoms with Gasteiger partial charge in [-0.2, -0.15) is 0 Å². The van der Waals surface area contributed by atoms with Crippen LogP contribution in [-0.2, 0) is 16.6 Å². The van der Waals surface area contributed by atoms with Crippen LogP contribution >= 0.6 is 0 Å². The summed E-state index contributed by atoms with van der Waals surface area (Å²) in [6.45, 7) is 11.4. The van der Waals surface area contributed by atoms with E-state index in [0.29, 0.717) is 35.5 Å². The molecule has 0 spiro atoms. The molecule has 1 rings (SSSR count). The van der Waals surface area contributed by atoms with Crippen LogP contribution in [0, 0.1) is 13.8 Å². The number of rotatable bonds is 11. The Hall–Kier alpha value is -2.37. The quantitative estimate of drug-likeness (QED) is 0.248. The van der Waals surface area contributed by atoms with E-state index in [4.69, 9.17) is 4.74 Å². The maximum atomic E-state index is 13.3. The Morgan fingerprint density at radius 1 is 1.21 bits per heavy atom. The number of aromatic nitrogens is 1. The molecule has 0 aliphatic heterocycles. The third kappa shape index (κ3) is 5.12. The van der Waals surface area contributed by atoms with Crippen LogP contribution < -0.4 is 0 Å². The van der Waals surface area contributed by atoms with Crippen molar-refractivity contribution in [3.63, 3.8) is 0 Å². The average Bonchev–Trinajstić information content (AvgIpc) is 2.90. The zero-order chi connectivity index (χ0) is 21.4. The maximum absolute atomic E-state index is 13.3. The van der Waals surface area contributed by atoms with Crippen molar-refractivity contribution in [3.05, 3.63) is 35.2 Å². The second kappa shape index (κ2) is 10.8. The fraction of sp³-hybridized carbons (Fsp3) is 0.591. The second-order valence-corrected chi connectivity index (χ2v) is 7.17. The van der Waals surface area contributed by atoms with E-state index in [1.54, 1.807) is 43.4 Å². The van der Waals surface area contributed by atoms with E-state index in [2.05, 4.69) is 13.5 Å². The van der Waals surface area contributed by atoms with Crippen LogP contribution in [0.1, 0.15) is 78.1 Å². The number of nitrogens with zero attached hydrogens (tertiary/aromatic N) is 2. The zero-order valence-corrected chi connectivity index (χ0v) is 18.1. The third-order valence-electron chi connectivity index (χ3n) is 5.29. The van der Waals surface area contributed by atoms with Gasteiger partial charge in [0, 0.05) is 31.3 Å². The molecule has 156 valence electrons. The molecule has 0 unspecified atom stereocenters. The fourth-order valence-corrected chi connectivity index (χ4v) is 3.54. The second-order valence-electron chi connectivity index (χ2n) is 7.17. The number of Topliss-reactive ketones (excluding diaryl/α,β-unsaturated/α-hetero) is 1. The molecule has 6 nitrogen and oxygen atoms in total. The molecule has 1 heterocycles. The highest BCUT2D eigenvalue weighted by Gasteiger charge is 2.31. The Morgan fingerprint density at radius 3 is 2.39 bits per heavy atom. The van der Waals surface area contributed by atoms with Crippen LogP contribution in [0.25, 0.3) is 0 Å². The summed E-state index contributed by atoms with van der Waals surface area (Å²) in [5.74, 6) is -0.703. The molecule has 1 aromatic rings. The summed E-state index contributed by atoms with van der Waals surface area (Å²) < 4.78 is 6.52. The summed E-state index contributed by atoms with van der Waals surface area (Å²) in [4.78, 5) is 39.7. The third-order valence-corrected chi connectivity index (χ3v) is 5.29. The van der Waals surface area contributed by atoms with E-state index < -0.39 is 12.0 Å². The molecule has 0 saturated heterocycles. The van der Waals surface area contributed by atoms with Crippen LogP contribution in [0.15, 0.2) is 12.7 Å². The highest BCUT2D eigenvalue weighted by molar-refractivity contribution is 6.06. The summed E-state index contributed by atoms with van der Waals surface area (Å²) in [6.07, 6.45) is 6.09. The van der Waals surface area contributed by atoms with Crippen molar-refractivity contribution in [2.75, 3.05) is 13.7 Å². The van der Waals surface area contributed by atoms with Crippen LogP contribution in [0.3, 0.4) is 0 Å². The van der Waals surface area contributed by atoms with Crippen LogP contribution in [-0.4, -0.2) is 46.8 Å². The molecule has 0 aliphatic carbocycles. The number of ketones is 1. The Labute approximate surface area is 168 Å². The average molecular weight is 391 g/mol. The molecule has 0 bridgehead atoms. The fourth-order valence-electron chi connectivity index (χ4n) is 3.54. The first-order valence-electron chi connectivity index (χ1n) is 9.91. The SMILES string of the molecule is C=CCN(C(=O)CCCCCC)[C@H](C)C(=O)c1c(C)c(C(=O)OC)n(C)c1C. The summed E-state index contributed by atoms with van der Waals surface area (Å²) in [5, 5.41) is 0. The van der Waals surface area contributed by atoms with Gasteiger partial charge in [-0.3, -0.25) is 9.59 Å². The molecule has 0 radical (unpaired) electrons.